The highest BCUT2D eigenvalue weighted by Gasteiger charge is 2.17. The minimum atomic E-state index is -1.03. The molecule has 1 amide bonds. The van der Waals surface area contributed by atoms with Gasteiger partial charge in [0.2, 0.25) is 0 Å². The number of benzene rings is 2. The second-order valence-electron chi connectivity index (χ2n) is 4.96. The van der Waals surface area contributed by atoms with Crippen LogP contribution in [-0.4, -0.2) is 31.8 Å². The Bertz CT molecular complexity index is 739. The van der Waals surface area contributed by atoms with E-state index in [4.69, 9.17) is 9.47 Å². The normalized spacial score (nSPS) is 11.7. The lowest BCUT2D eigenvalue weighted by molar-refractivity contribution is 0.0910. The number of amides is 1. The molecule has 0 bridgehead atoms. The van der Waals surface area contributed by atoms with Crippen molar-refractivity contribution in [1.82, 2.24) is 5.32 Å². The van der Waals surface area contributed by atoms with Crippen LogP contribution in [0.1, 0.15) is 22.0 Å². The van der Waals surface area contributed by atoms with Gasteiger partial charge >= 0.3 is 0 Å². The Kier molecular flexibility index (Phi) is 6.16. The van der Waals surface area contributed by atoms with Crippen LogP contribution in [0.4, 0.5) is 4.39 Å². The van der Waals surface area contributed by atoms with Crippen molar-refractivity contribution in [2.45, 2.75) is 6.10 Å². The molecule has 0 aliphatic heterocycles. The second-order valence-corrected chi connectivity index (χ2v) is 5.87. The van der Waals surface area contributed by atoms with Crippen molar-refractivity contribution in [3.8, 4) is 11.5 Å². The minimum absolute atomic E-state index is 0.0944. The number of rotatable bonds is 6. The molecule has 24 heavy (non-hydrogen) atoms. The Morgan fingerprint density at radius 3 is 2.62 bits per heavy atom. The predicted octanol–water partition coefficient (Wildman–Crippen LogP) is 3.07. The first-order valence-corrected chi connectivity index (χ1v) is 7.88. The first kappa shape index (κ1) is 18.2. The maximum Gasteiger partial charge on any atom is 0.254 e. The van der Waals surface area contributed by atoms with E-state index in [1.165, 1.54) is 26.4 Å². The van der Waals surface area contributed by atoms with Crippen LogP contribution in [0.2, 0.25) is 0 Å². The van der Waals surface area contributed by atoms with E-state index in [1.807, 2.05) is 0 Å². The molecule has 2 rings (SSSR count). The SMILES string of the molecule is COc1ccc(OC)c(C(O)CNC(=O)c2ccc(Br)cc2F)c1. The lowest BCUT2D eigenvalue weighted by Gasteiger charge is -2.16. The summed E-state index contributed by atoms with van der Waals surface area (Å²) in [5, 5.41) is 12.8. The van der Waals surface area contributed by atoms with Crippen molar-refractivity contribution in [3.05, 3.63) is 57.8 Å². The number of methoxy groups -OCH3 is 2. The van der Waals surface area contributed by atoms with Gasteiger partial charge in [0.1, 0.15) is 23.4 Å². The summed E-state index contributed by atoms with van der Waals surface area (Å²) in [6.45, 7) is -0.0993. The van der Waals surface area contributed by atoms with Gasteiger partial charge in [-0.1, -0.05) is 15.9 Å². The molecule has 0 saturated heterocycles. The van der Waals surface area contributed by atoms with E-state index in [0.29, 0.717) is 21.5 Å². The summed E-state index contributed by atoms with van der Waals surface area (Å²) >= 11 is 3.13. The van der Waals surface area contributed by atoms with Crippen molar-refractivity contribution in [1.29, 1.82) is 0 Å². The van der Waals surface area contributed by atoms with Gasteiger partial charge in [0, 0.05) is 16.6 Å². The third-order valence-corrected chi connectivity index (χ3v) is 3.92. The summed E-state index contributed by atoms with van der Waals surface area (Å²) in [7, 11) is 2.99. The van der Waals surface area contributed by atoms with Crippen LogP contribution in [0.5, 0.6) is 11.5 Å². The van der Waals surface area contributed by atoms with Crippen LogP contribution in [-0.2, 0) is 0 Å². The van der Waals surface area contributed by atoms with Crippen molar-refractivity contribution >= 4 is 21.8 Å². The quantitative estimate of drug-likeness (QED) is 0.785. The number of carbonyl (C=O) groups is 1. The highest BCUT2D eigenvalue weighted by molar-refractivity contribution is 9.10. The molecular weight excluding hydrogens is 381 g/mol. The Balaban J connectivity index is 2.10. The molecule has 1 atom stereocenters. The van der Waals surface area contributed by atoms with Crippen LogP contribution in [0.3, 0.4) is 0 Å². The Morgan fingerprint density at radius 1 is 1.25 bits per heavy atom. The molecule has 128 valence electrons. The van der Waals surface area contributed by atoms with Crippen LogP contribution in [0, 0.1) is 5.82 Å². The van der Waals surface area contributed by atoms with Gasteiger partial charge in [-0.3, -0.25) is 4.79 Å². The summed E-state index contributed by atoms with van der Waals surface area (Å²) < 4.78 is 24.6. The van der Waals surface area contributed by atoms with Crippen LogP contribution >= 0.6 is 15.9 Å². The van der Waals surface area contributed by atoms with E-state index in [-0.39, 0.29) is 12.1 Å². The molecule has 0 heterocycles. The third kappa shape index (κ3) is 4.24. The average molecular weight is 398 g/mol. The fraction of sp³-hybridized carbons (Fsp3) is 0.235. The predicted molar refractivity (Wildman–Crippen MR) is 90.9 cm³/mol. The smallest absolute Gasteiger partial charge is 0.254 e. The second kappa shape index (κ2) is 8.12. The summed E-state index contributed by atoms with van der Waals surface area (Å²) in [5.41, 5.74) is 0.372. The van der Waals surface area contributed by atoms with Crippen LogP contribution in [0.15, 0.2) is 40.9 Å². The molecule has 7 heteroatoms. The highest BCUT2D eigenvalue weighted by Crippen LogP contribution is 2.29. The number of aliphatic hydroxyl groups is 1. The lowest BCUT2D eigenvalue weighted by atomic mass is 10.1. The van der Waals surface area contributed by atoms with Crippen LogP contribution < -0.4 is 14.8 Å². The molecule has 5 nitrogen and oxygen atoms in total. The number of nitrogens with one attached hydrogen (secondary N) is 1. The molecule has 0 saturated carbocycles. The fourth-order valence-electron chi connectivity index (χ4n) is 2.17. The largest absolute Gasteiger partial charge is 0.497 e. The van der Waals surface area contributed by atoms with E-state index >= 15 is 0 Å². The standard InChI is InChI=1S/C17H17BrFNO4/c1-23-11-4-6-16(24-2)13(8-11)15(21)9-20-17(22)12-5-3-10(18)7-14(12)19/h3-8,15,21H,9H2,1-2H3,(H,20,22). The summed E-state index contributed by atoms with van der Waals surface area (Å²) in [6, 6.07) is 9.12. The average Bonchev–Trinajstić information content (AvgIpc) is 2.58. The van der Waals surface area contributed by atoms with E-state index in [0.717, 1.165) is 0 Å². The molecule has 0 radical (unpaired) electrons. The van der Waals surface area contributed by atoms with Crippen molar-refractivity contribution in [3.63, 3.8) is 0 Å². The van der Waals surface area contributed by atoms with Gasteiger partial charge in [0.15, 0.2) is 0 Å². The van der Waals surface area contributed by atoms with E-state index < -0.39 is 17.8 Å². The number of carbonyl (C=O) groups excluding carboxylic acids is 1. The molecule has 2 aromatic carbocycles. The molecule has 2 aromatic rings. The Hall–Kier alpha value is -2.12. The first-order chi connectivity index (χ1) is 11.5. The molecule has 2 N–H and O–H groups in total. The van der Waals surface area contributed by atoms with Crippen molar-refractivity contribution < 1.29 is 23.8 Å². The summed E-state index contributed by atoms with van der Waals surface area (Å²) in [4.78, 5) is 12.1. The van der Waals surface area contributed by atoms with Gasteiger partial charge in [-0.15, -0.1) is 0 Å². The van der Waals surface area contributed by atoms with E-state index in [2.05, 4.69) is 21.2 Å². The number of halogens is 2. The van der Waals surface area contributed by atoms with Gasteiger partial charge in [-0.05, 0) is 36.4 Å². The summed E-state index contributed by atoms with van der Waals surface area (Å²) in [5.74, 6) is -0.237. The monoisotopic (exact) mass is 397 g/mol. The molecule has 0 spiro atoms. The third-order valence-electron chi connectivity index (χ3n) is 3.43. The van der Waals surface area contributed by atoms with Crippen LogP contribution in [0.25, 0.3) is 0 Å². The fourth-order valence-corrected chi connectivity index (χ4v) is 2.50. The van der Waals surface area contributed by atoms with E-state index in [1.54, 1.807) is 24.3 Å². The molecule has 0 fully saturated rings. The van der Waals surface area contributed by atoms with Gasteiger partial charge < -0.3 is 19.9 Å². The molecule has 0 aliphatic carbocycles. The molecule has 0 aromatic heterocycles. The van der Waals surface area contributed by atoms with Gasteiger partial charge in [-0.25, -0.2) is 4.39 Å². The highest BCUT2D eigenvalue weighted by atomic mass is 79.9. The Morgan fingerprint density at radius 2 is 2.00 bits per heavy atom. The zero-order valence-corrected chi connectivity index (χ0v) is 14.8. The van der Waals surface area contributed by atoms with E-state index in [9.17, 15) is 14.3 Å². The zero-order valence-electron chi connectivity index (χ0n) is 13.2. The molecule has 0 aliphatic rings. The number of hydrogen-bond acceptors (Lipinski definition) is 4. The van der Waals surface area contributed by atoms with Gasteiger partial charge in [-0.2, -0.15) is 0 Å². The number of hydrogen-bond donors (Lipinski definition) is 2. The lowest BCUT2D eigenvalue weighted by Crippen LogP contribution is -2.29. The summed E-state index contributed by atoms with van der Waals surface area (Å²) in [6.07, 6.45) is -1.03. The molecule has 1 unspecified atom stereocenters. The number of aliphatic hydroxyl groups excluding tert-OH is 1. The molecular formula is C17H17BrFNO4. The first-order valence-electron chi connectivity index (χ1n) is 7.09. The Labute approximate surface area is 147 Å². The minimum Gasteiger partial charge on any atom is -0.497 e. The van der Waals surface area contributed by atoms with Gasteiger partial charge in [0.05, 0.1) is 19.8 Å². The maximum absolute atomic E-state index is 13.8. The number of ether oxygens (including phenoxy) is 2. The van der Waals surface area contributed by atoms with Gasteiger partial charge in [0.25, 0.3) is 5.91 Å². The topological polar surface area (TPSA) is 67.8 Å². The zero-order chi connectivity index (χ0) is 17.7. The van der Waals surface area contributed by atoms with Crippen molar-refractivity contribution in [2.75, 3.05) is 20.8 Å². The van der Waals surface area contributed by atoms with Crippen molar-refractivity contribution in [2.24, 2.45) is 0 Å². The maximum atomic E-state index is 13.8.